The van der Waals surface area contributed by atoms with Crippen molar-refractivity contribution in [3.8, 4) is 0 Å². The van der Waals surface area contributed by atoms with E-state index in [9.17, 15) is 13.9 Å². The van der Waals surface area contributed by atoms with Gasteiger partial charge in [0.15, 0.2) is 5.60 Å². The number of alkyl halides is 2. The molecule has 2 unspecified atom stereocenters. The van der Waals surface area contributed by atoms with E-state index in [0.29, 0.717) is 17.5 Å². The van der Waals surface area contributed by atoms with Crippen molar-refractivity contribution in [2.75, 3.05) is 6.54 Å². The lowest BCUT2D eigenvalue weighted by Gasteiger charge is -2.34. The van der Waals surface area contributed by atoms with Crippen molar-refractivity contribution >= 4 is 11.0 Å². The lowest BCUT2D eigenvalue weighted by Crippen LogP contribution is -2.51. The number of rotatable bonds is 5. The highest BCUT2D eigenvalue weighted by atomic mass is 19.3. The topological polar surface area (TPSA) is 45.4 Å². The van der Waals surface area contributed by atoms with Gasteiger partial charge in [-0.05, 0) is 37.2 Å². The lowest BCUT2D eigenvalue weighted by molar-refractivity contribution is -0.121. The van der Waals surface area contributed by atoms with Crippen molar-refractivity contribution in [3.05, 3.63) is 36.1 Å². The Morgan fingerprint density at radius 2 is 2.11 bits per heavy atom. The average molecular weight is 269 g/mol. The summed E-state index contributed by atoms with van der Waals surface area (Å²) in [5.41, 5.74) is -1.43. The Bertz CT molecular complexity index is 555. The second-order valence-electron chi connectivity index (χ2n) is 4.58. The van der Waals surface area contributed by atoms with Crippen LogP contribution in [-0.2, 0) is 5.60 Å². The summed E-state index contributed by atoms with van der Waals surface area (Å²) >= 11 is 0. The van der Waals surface area contributed by atoms with Crippen LogP contribution in [0.15, 0.2) is 34.9 Å². The number of benzene rings is 1. The number of furan rings is 1. The molecule has 2 atom stereocenters. The summed E-state index contributed by atoms with van der Waals surface area (Å²) in [6, 6.07) is 5.53. The Kier molecular flexibility index (Phi) is 3.87. The van der Waals surface area contributed by atoms with E-state index in [-0.39, 0.29) is 5.56 Å². The van der Waals surface area contributed by atoms with E-state index < -0.39 is 18.1 Å². The molecule has 1 aromatic carbocycles. The van der Waals surface area contributed by atoms with Crippen molar-refractivity contribution in [2.24, 2.45) is 0 Å². The molecule has 0 amide bonds. The van der Waals surface area contributed by atoms with Gasteiger partial charge >= 0.3 is 0 Å². The molecule has 2 N–H and O–H groups in total. The molecule has 0 fully saturated rings. The lowest BCUT2D eigenvalue weighted by atomic mass is 9.87. The summed E-state index contributed by atoms with van der Waals surface area (Å²) < 4.78 is 31.9. The minimum absolute atomic E-state index is 0.185. The van der Waals surface area contributed by atoms with Crippen LogP contribution in [0.4, 0.5) is 8.78 Å². The van der Waals surface area contributed by atoms with Crippen LogP contribution in [0.1, 0.15) is 19.4 Å². The molecule has 19 heavy (non-hydrogen) atoms. The van der Waals surface area contributed by atoms with Crippen LogP contribution in [0.3, 0.4) is 0 Å². The van der Waals surface area contributed by atoms with Crippen LogP contribution in [0.5, 0.6) is 0 Å². The SMILES string of the molecule is CCNC(C)C(O)(c1ccc2occc2c1)C(F)F. The maximum atomic E-state index is 13.4. The van der Waals surface area contributed by atoms with E-state index in [1.165, 1.54) is 12.3 Å². The van der Waals surface area contributed by atoms with Crippen molar-refractivity contribution in [1.29, 1.82) is 0 Å². The predicted octanol–water partition coefficient (Wildman–Crippen LogP) is 2.88. The van der Waals surface area contributed by atoms with Gasteiger partial charge in [-0.3, -0.25) is 0 Å². The molecule has 104 valence electrons. The summed E-state index contributed by atoms with van der Waals surface area (Å²) in [4.78, 5) is 0. The molecule has 0 radical (unpaired) electrons. The van der Waals surface area contributed by atoms with Gasteiger partial charge < -0.3 is 14.8 Å². The molecule has 0 saturated heterocycles. The predicted molar refractivity (Wildman–Crippen MR) is 69.3 cm³/mol. The molecular weight excluding hydrogens is 252 g/mol. The molecule has 3 nitrogen and oxygen atoms in total. The Morgan fingerprint density at radius 1 is 1.37 bits per heavy atom. The number of aliphatic hydroxyl groups is 1. The van der Waals surface area contributed by atoms with Gasteiger partial charge in [-0.25, -0.2) is 8.78 Å². The third kappa shape index (κ3) is 2.35. The Morgan fingerprint density at radius 3 is 2.74 bits per heavy atom. The fraction of sp³-hybridized carbons (Fsp3) is 0.429. The quantitative estimate of drug-likeness (QED) is 0.877. The molecule has 0 aliphatic carbocycles. The highest BCUT2D eigenvalue weighted by Crippen LogP contribution is 2.34. The monoisotopic (exact) mass is 269 g/mol. The Hall–Kier alpha value is -1.46. The van der Waals surface area contributed by atoms with E-state index in [1.807, 2.05) is 6.92 Å². The molecular formula is C14H17F2NO2. The molecule has 0 saturated carbocycles. The van der Waals surface area contributed by atoms with E-state index in [2.05, 4.69) is 5.32 Å². The first-order valence-electron chi connectivity index (χ1n) is 6.21. The number of halogens is 2. The van der Waals surface area contributed by atoms with E-state index in [1.54, 1.807) is 25.1 Å². The second-order valence-corrected chi connectivity index (χ2v) is 4.58. The summed E-state index contributed by atoms with van der Waals surface area (Å²) in [5, 5.41) is 14.0. The van der Waals surface area contributed by atoms with Gasteiger partial charge in [-0.2, -0.15) is 0 Å². The molecule has 0 aliphatic rings. The van der Waals surface area contributed by atoms with Crippen molar-refractivity contribution in [1.82, 2.24) is 5.32 Å². The number of likely N-dealkylation sites (N-methyl/N-ethyl adjacent to an activating group) is 1. The first-order valence-corrected chi connectivity index (χ1v) is 6.21. The van der Waals surface area contributed by atoms with Gasteiger partial charge in [0, 0.05) is 11.4 Å². The van der Waals surface area contributed by atoms with Gasteiger partial charge in [-0.1, -0.05) is 13.0 Å². The minimum atomic E-state index is -2.88. The van der Waals surface area contributed by atoms with Crippen LogP contribution < -0.4 is 5.32 Å². The van der Waals surface area contributed by atoms with Crippen LogP contribution in [0, 0.1) is 0 Å². The van der Waals surface area contributed by atoms with Gasteiger partial charge in [0.05, 0.1) is 6.26 Å². The van der Waals surface area contributed by atoms with Crippen molar-refractivity contribution in [2.45, 2.75) is 31.9 Å². The molecule has 5 heteroatoms. The highest BCUT2D eigenvalue weighted by molar-refractivity contribution is 5.78. The van der Waals surface area contributed by atoms with Gasteiger partial charge in [0.2, 0.25) is 0 Å². The highest BCUT2D eigenvalue weighted by Gasteiger charge is 2.44. The van der Waals surface area contributed by atoms with Crippen molar-refractivity contribution in [3.63, 3.8) is 0 Å². The smallest absolute Gasteiger partial charge is 0.272 e. The summed E-state index contributed by atoms with van der Waals surface area (Å²) in [6.45, 7) is 3.86. The Balaban J connectivity index is 2.47. The second kappa shape index (κ2) is 5.27. The summed E-state index contributed by atoms with van der Waals surface area (Å²) in [6.07, 6.45) is -1.39. The first kappa shape index (κ1) is 14.0. The zero-order valence-corrected chi connectivity index (χ0v) is 10.9. The van der Waals surface area contributed by atoms with E-state index in [0.717, 1.165) is 0 Å². The van der Waals surface area contributed by atoms with E-state index >= 15 is 0 Å². The van der Waals surface area contributed by atoms with Gasteiger partial charge in [-0.15, -0.1) is 0 Å². The fourth-order valence-electron chi connectivity index (χ4n) is 2.24. The van der Waals surface area contributed by atoms with Gasteiger partial charge in [0.1, 0.15) is 5.58 Å². The third-order valence-corrected chi connectivity index (χ3v) is 3.42. The Labute approximate surface area is 110 Å². The maximum absolute atomic E-state index is 13.4. The zero-order valence-electron chi connectivity index (χ0n) is 10.9. The number of fused-ring (bicyclic) bond motifs is 1. The molecule has 0 aliphatic heterocycles. The maximum Gasteiger partial charge on any atom is 0.272 e. The van der Waals surface area contributed by atoms with Crippen LogP contribution in [0.25, 0.3) is 11.0 Å². The minimum Gasteiger partial charge on any atom is -0.464 e. The molecule has 0 spiro atoms. The van der Waals surface area contributed by atoms with Crippen LogP contribution in [0.2, 0.25) is 0 Å². The molecule has 1 heterocycles. The fourth-order valence-corrected chi connectivity index (χ4v) is 2.24. The van der Waals surface area contributed by atoms with Crippen LogP contribution >= 0.6 is 0 Å². The summed E-state index contributed by atoms with van der Waals surface area (Å²) in [7, 11) is 0. The molecule has 2 aromatic rings. The standard InChI is InChI=1S/C14H17F2NO2/c1-3-17-9(2)14(18,13(15)16)11-4-5-12-10(8-11)6-7-19-12/h4-9,13,17-18H,3H2,1-2H3. The molecule has 1 aromatic heterocycles. The number of hydrogen-bond donors (Lipinski definition) is 2. The molecule has 2 rings (SSSR count). The van der Waals surface area contributed by atoms with E-state index in [4.69, 9.17) is 4.42 Å². The van der Waals surface area contributed by atoms with Crippen molar-refractivity contribution < 1.29 is 18.3 Å². The van der Waals surface area contributed by atoms with Gasteiger partial charge in [0.25, 0.3) is 6.43 Å². The largest absolute Gasteiger partial charge is 0.464 e. The average Bonchev–Trinajstić information content (AvgIpc) is 2.84. The number of hydrogen-bond acceptors (Lipinski definition) is 3. The number of nitrogens with one attached hydrogen (secondary N) is 1. The summed E-state index contributed by atoms with van der Waals surface area (Å²) in [5.74, 6) is 0. The normalized spacial score (nSPS) is 16.7. The van der Waals surface area contributed by atoms with Crippen LogP contribution in [-0.4, -0.2) is 24.1 Å². The first-order chi connectivity index (χ1) is 9.00. The zero-order chi connectivity index (χ0) is 14.0. The molecule has 0 bridgehead atoms. The third-order valence-electron chi connectivity index (χ3n) is 3.42.